The van der Waals surface area contributed by atoms with Gasteiger partial charge in [-0.05, 0) is 12.8 Å². The molecule has 1 N–H and O–H groups in total. The predicted octanol–water partition coefficient (Wildman–Crippen LogP) is 1.50. The molecule has 6 heteroatoms. The van der Waals surface area contributed by atoms with Gasteiger partial charge in [-0.2, -0.15) is 0 Å². The van der Waals surface area contributed by atoms with Crippen molar-refractivity contribution in [3.63, 3.8) is 0 Å². The van der Waals surface area contributed by atoms with Crippen molar-refractivity contribution in [1.82, 2.24) is 5.32 Å². The second-order valence-electron chi connectivity index (χ2n) is 3.16. The van der Waals surface area contributed by atoms with Gasteiger partial charge in [-0.1, -0.05) is 25.4 Å². The van der Waals surface area contributed by atoms with E-state index in [9.17, 15) is 9.59 Å². The number of alkyl halides is 1. The molecule has 0 saturated carbocycles. The van der Waals surface area contributed by atoms with Gasteiger partial charge in [-0.25, -0.2) is 9.59 Å². The van der Waals surface area contributed by atoms with Crippen molar-refractivity contribution >= 4 is 23.7 Å². The summed E-state index contributed by atoms with van der Waals surface area (Å²) < 4.78 is 9.26. The van der Waals surface area contributed by atoms with Gasteiger partial charge in [0.1, 0.15) is 6.04 Å². The van der Waals surface area contributed by atoms with Gasteiger partial charge in [0, 0.05) is 0 Å². The lowest BCUT2D eigenvalue weighted by Gasteiger charge is -2.19. The SMILES string of the molecule is CCOC(=O)C(NC(=O)OCCl)C(C)C. The highest BCUT2D eigenvalue weighted by molar-refractivity contribution is 6.17. The van der Waals surface area contributed by atoms with Gasteiger partial charge in [-0.15, -0.1) is 0 Å². The summed E-state index contributed by atoms with van der Waals surface area (Å²) in [6, 6.07) is -0.958. The van der Waals surface area contributed by atoms with Crippen LogP contribution in [0.15, 0.2) is 0 Å². The molecular weight excluding hydrogens is 222 g/mol. The van der Waals surface area contributed by atoms with Gasteiger partial charge in [-0.3, -0.25) is 0 Å². The quantitative estimate of drug-likeness (QED) is 0.581. The molecule has 0 aromatic rings. The van der Waals surface area contributed by atoms with E-state index >= 15 is 0 Å². The van der Waals surface area contributed by atoms with Crippen molar-refractivity contribution < 1.29 is 19.1 Å². The van der Waals surface area contributed by atoms with Gasteiger partial charge >= 0.3 is 12.1 Å². The van der Waals surface area contributed by atoms with Crippen LogP contribution < -0.4 is 5.32 Å². The molecule has 0 saturated heterocycles. The normalized spacial score (nSPS) is 12.1. The number of rotatable bonds is 5. The van der Waals surface area contributed by atoms with E-state index in [2.05, 4.69) is 10.1 Å². The Bertz CT molecular complexity index is 220. The van der Waals surface area contributed by atoms with Crippen LogP contribution in [0.4, 0.5) is 4.79 Å². The Morgan fingerprint density at radius 2 is 1.93 bits per heavy atom. The molecule has 88 valence electrons. The number of alkyl carbamates (subject to hydrolysis) is 1. The fourth-order valence-electron chi connectivity index (χ4n) is 0.948. The number of hydrogen-bond acceptors (Lipinski definition) is 4. The zero-order valence-electron chi connectivity index (χ0n) is 9.08. The molecule has 0 radical (unpaired) electrons. The van der Waals surface area contributed by atoms with Crippen LogP contribution in [0.2, 0.25) is 0 Å². The minimum Gasteiger partial charge on any atom is -0.464 e. The molecule has 0 aliphatic rings. The maximum absolute atomic E-state index is 11.4. The Morgan fingerprint density at radius 1 is 1.33 bits per heavy atom. The predicted molar refractivity (Wildman–Crippen MR) is 55.6 cm³/mol. The number of halogens is 1. The molecule has 15 heavy (non-hydrogen) atoms. The number of amides is 1. The van der Waals surface area contributed by atoms with Crippen LogP contribution in [-0.2, 0) is 14.3 Å². The van der Waals surface area contributed by atoms with E-state index in [-0.39, 0.29) is 18.6 Å². The number of hydrogen-bond donors (Lipinski definition) is 1. The molecule has 0 spiro atoms. The van der Waals surface area contributed by atoms with Crippen molar-refractivity contribution in [1.29, 1.82) is 0 Å². The van der Waals surface area contributed by atoms with E-state index in [1.807, 2.05) is 0 Å². The van der Waals surface area contributed by atoms with Crippen LogP contribution in [0.5, 0.6) is 0 Å². The van der Waals surface area contributed by atoms with Crippen molar-refractivity contribution in [3.8, 4) is 0 Å². The maximum atomic E-state index is 11.4. The van der Waals surface area contributed by atoms with Gasteiger partial charge in [0.15, 0.2) is 6.07 Å². The lowest BCUT2D eigenvalue weighted by Crippen LogP contribution is -2.45. The van der Waals surface area contributed by atoms with Crippen LogP contribution in [0, 0.1) is 5.92 Å². The average molecular weight is 238 g/mol. The van der Waals surface area contributed by atoms with Gasteiger partial charge in [0.05, 0.1) is 6.61 Å². The molecule has 1 unspecified atom stereocenters. The summed E-state index contributed by atoms with van der Waals surface area (Å²) in [5, 5.41) is 2.38. The topological polar surface area (TPSA) is 64.6 Å². The third-order valence-electron chi connectivity index (χ3n) is 1.67. The zero-order chi connectivity index (χ0) is 11.8. The van der Waals surface area contributed by atoms with E-state index in [0.717, 1.165) is 0 Å². The Kier molecular flexibility index (Phi) is 6.86. The fourth-order valence-corrected chi connectivity index (χ4v) is 1.05. The van der Waals surface area contributed by atoms with Crippen molar-refractivity contribution in [3.05, 3.63) is 0 Å². The smallest absolute Gasteiger partial charge is 0.409 e. The molecule has 0 aliphatic carbocycles. The number of nitrogens with one attached hydrogen (secondary N) is 1. The lowest BCUT2D eigenvalue weighted by atomic mass is 10.1. The molecular formula is C9H16ClNO4. The van der Waals surface area contributed by atoms with Crippen molar-refractivity contribution in [2.75, 3.05) is 12.7 Å². The molecule has 0 fully saturated rings. The second-order valence-corrected chi connectivity index (χ2v) is 3.38. The van der Waals surface area contributed by atoms with E-state index in [1.165, 1.54) is 0 Å². The van der Waals surface area contributed by atoms with Gasteiger partial charge in [0.25, 0.3) is 0 Å². The van der Waals surface area contributed by atoms with Crippen LogP contribution in [0.3, 0.4) is 0 Å². The number of carbonyl (C=O) groups is 2. The van der Waals surface area contributed by atoms with Crippen LogP contribution in [-0.4, -0.2) is 30.8 Å². The van der Waals surface area contributed by atoms with E-state index in [0.29, 0.717) is 0 Å². The molecule has 1 atom stereocenters. The third kappa shape index (κ3) is 5.47. The lowest BCUT2D eigenvalue weighted by molar-refractivity contribution is -0.146. The molecule has 1 amide bonds. The summed E-state index contributed by atoms with van der Waals surface area (Å²) in [6.45, 7) is 5.56. The van der Waals surface area contributed by atoms with E-state index in [4.69, 9.17) is 16.3 Å². The van der Waals surface area contributed by atoms with Crippen LogP contribution >= 0.6 is 11.6 Å². The largest absolute Gasteiger partial charge is 0.464 e. The third-order valence-corrected chi connectivity index (χ3v) is 1.78. The maximum Gasteiger partial charge on any atom is 0.409 e. The Hall–Kier alpha value is -0.970. The second kappa shape index (κ2) is 7.34. The van der Waals surface area contributed by atoms with E-state index < -0.39 is 18.1 Å². The van der Waals surface area contributed by atoms with Gasteiger partial charge in [0.2, 0.25) is 0 Å². The zero-order valence-corrected chi connectivity index (χ0v) is 9.84. The minimum atomic E-state index is -0.725. The first kappa shape index (κ1) is 14.0. The summed E-state index contributed by atoms with van der Waals surface area (Å²) in [7, 11) is 0. The highest BCUT2D eigenvalue weighted by atomic mass is 35.5. The number of carbonyl (C=O) groups excluding carboxylic acids is 2. The minimum absolute atomic E-state index is 0.0769. The fraction of sp³-hybridized carbons (Fsp3) is 0.778. The average Bonchev–Trinajstić information content (AvgIpc) is 2.14. The summed E-state index contributed by atoms with van der Waals surface area (Å²) in [5.74, 6) is -0.550. The first-order chi connectivity index (χ1) is 7.02. The number of ether oxygens (including phenoxy) is 2. The summed E-state index contributed by atoms with van der Waals surface area (Å²) in [6.07, 6.45) is -0.725. The van der Waals surface area contributed by atoms with Gasteiger partial charge < -0.3 is 14.8 Å². The monoisotopic (exact) mass is 237 g/mol. The molecule has 0 rings (SSSR count). The molecule has 0 aliphatic heterocycles. The molecule has 0 heterocycles. The molecule has 0 aromatic heterocycles. The van der Waals surface area contributed by atoms with Crippen molar-refractivity contribution in [2.45, 2.75) is 26.8 Å². The summed E-state index contributed by atoms with van der Waals surface area (Å²) in [5.41, 5.74) is 0. The molecule has 0 aromatic carbocycles. The Labute approximate surface area is 94.1 Å². The highest BCUT2D eigenvalue weighted by Gasteiger charge is 2.25. The Balaban J connectivity index is 4.27. The van der Waals surface area contributed by atoms with E-state index in [1.54, 1.807) is 20.8 Å². The number of esters is 1. The molecule has 0 bridgehead atoms. The first-order valence-electron chi connectivity index (χ1n) is 4.68. The summed E-state index contributed by atoms with van der Waals surface area (Å²) in [4.78, 5) is 22.4. The highest BCUT2D eigenvalue weighted by Crippen LogP contribution is 2.04. The van der Waals surface area contributed by atoms with Crippen LogP contribution in [0.25, 0.3) is 0 Å². The van der Waals surface area contributed by atoms with Crippen LogP contribution in [0.1, 0.15) is 20.8 Å². The molecule has 5 nitrogen and oxygen atoms in total. The Morgan fingerprint density at radius 3 is 2.33 bits per heavy atom. The standard InChI is InChI=1S/C9H16ClNO4/c1-4-14-8(12)7(6(2)3)11-9(13)15-5-10/h6-7H,4-5H2,1-3H3,(H,11,13). The first-order valence-corrected chi connectivity index (χ1v) is 5.22. The summed E-state index contributed by atoms with van der Waals surface area (Å²) >= 11 is 5.20. The van der Waals surface area contributed by atoms with Crippen molar-refractivity contribution in [2.24, 2.45) is 5.92 Å².